The Morgan fingerprint density at radius 3 is 2.75 bits per heavy atom. The third-order valence-electron chi connectivity index (χ3n) is 3.59. The molecule has 4 heteroatoms. The largest absolute Gasteiger partial charge is 0.496 e. The number of rotatable bonds is 9. The van der Waals surface area contributed by atoms with Crippen LogP contribution in [0.15, 0.2) is 36.4 Å². The van der Waals surface area contributed by atoms with Crippen LogP contribution < -0.4 is 4.74 Å². The summed E-state index contributed by atoms with van der Waals surface area (Å²) in [6.45, 7) is 5.26. The molecule has 1 aromatic heterocycles. The lowest BCUT2D eigenvalue weighted by atomic mass is 10.1. The molecule has 0 saturated heterocycles. The van der Waals surface area contributed by atoms with E-state index in [0.717, 1.165) is 34.6 Å². The van der Waals surface area contributed by atoms with Crippen LogP contribution in [-0.2, 0) is 17.8 Å². The average molecular weight is 344 g/mol. The van der Waals surface area contributed by atoms with Crippen molar-refractivity contribution in [1.82, 2.24) is 0 Å². The summed E-state index contributed by atoms with van der Waals surface area (Å²) in [6, 6.07) is 9.80. The monoisotopic (exact) mass is 344 g/mol. The first-order chi connectivity index (χ1) is 11.7. The van der Waals surface area contributed by atoms with Crippen LogP contribution in [0.1, 0.15) is 45.9 Å². The van der Waals surface area contributed by atoms with Crippen LogP contribution >= 0.6 is 11.3 Å². The molecule has 0 N–H and O–H groups in total. The van der Waals surface area contributed by atoms with E-state index in [0.29, 0.717) is 13.2 Å². The van der Waals surface area contributed by atoms with Gasteiger partial charge in [-0.25, -0.2) is 0 Å². The van der Waals surface area contributed by atoms with Gasteiger partial charge in [0.25, 0.3) is 0 Å². The smallest absolute Gasteiger partial charge is 0.195 e. The minimum absolute atomic E-state index is 0.0459. The number of methoxy groups -OCH3 is 1. The molecule has 128 valence electrons. The highest BCUT2D eigenvalue weighted by Gasteiger charge is 2.07. The normalized spacial score (nSPS) is 11.1. The average Bonchev–Trinajstić information content (AvgIpc) is 3.07. The van der Waals surface area contributed by atoms with Gasteiger partial charge in [-0.1, -0.05) is 25.5 Å². The quantitative estimate of drug-likeness (QED) is 0.466. The number of hydrogen-bond acceptors (Lipinski definition) is 4. The Balaban J connectivity index is 2.10. The summed E-state index contributed by atoms with van der Waals surface area (Å²) in [7, 11) is 1.65. The van der Waals surface area contributed by atoms with Gasteiger partial charge in [-0.2, -0.15) is 0 Å². The van der Waals surface area contributed by atoms with Gasteiger partial charge in [-0.15, -0.1) is 11.3 Å². The summed E-state index contributed by atoms with van der Waals surface area (Å²) in [5, 5.41) is 0. The molecule has 0 saturated carbocycles. The second-order valence-electron chi connectivity index (χ2n) is 5.42. The van der Waals surface area contributed by atoms with E-state index >= 15 is 0 Å². The predicted molar refractivity (Wildman–Crippen MR) is 100 cm³/mol. The van der Waals surface area contributed by atoms with E-state index in [9.17, 15) is 4.79 Å². The third kappa shape index (κ3) is 5.05. The van der Waals surface area contributed by atoms with Gasteiger partial charge in [0.2, 0.25) is 0 Å². The number of allylic oxidation sites excluding steroid dienone is 1. The molecule has 2 rings (SSSR count). The molecule has 1 heterocycles. The van der Waals surface area contributed by atoms with Crippen molar-refractivity contribution in [1.29, 1.82) is 0 Å². The number of carbonyl (C=O) groups excluding carboxylic acids is 1. The second-order valence-corrected chi connectivity index (χ2v) is 6.59. The Morgan fingerprint density at radius 1 is 1.21 bits per heavy atom. The van der Waals surface area contributed by atoms with Gasteiger partial charge in [0.05, 0.1) is 18.6 Å². The Bertz CT molecular complexity index is 701. The van der Waals surface area contributed by atoms with E-state index in [1.807, 2.05) is 43.3 Å². The standard InChI is InChI=1S/C20H24O3S/c1-4-6-17-9-12-20(24-17)18(21)10-7-15-8-11-19(22-3)16(13-15)14-23-5-2/h7-13H,4-6,14H2,1-3H3/b10-7+. The first-order valence-corrected chi connectivity index (χ1v) is 9.05. The van der Waals surface area contributed by atoms with Crippen LogP contribution in [0.2, 0.25) is 0 Å². The van der Waals surface area contributed by atoms with Crippen LogP contribution in [0.5, 0.6) is 5.75 Å². The molecule has 0 amide bonds. The molecular weight excluding hydrogens is 320 g/mol. The molecule has 0 spiro atoms. The lowest BCUT2D eigenvalue weighted by Crippen LogP contribution is -1.97. The van der Waals surface area contributed by atoms with Crippen molar-refractivity contribution < 1.29 is 14.3 Å². The van der Waals surface area contributed by atoms with Crippen molar-refractivity contribution in [2.45, 2.75) is 33.3 Å². The SMILES string of the molecule is CCCc1ccc(C(=O)/C=C/c2ccc(OC)c(COCC)c2)s1. The lowest BCUT2D eigenvalue weighted by Gasteiger charge is -2.09. The van der Waals surface area contributed by atoms with Gasteiger partial charge in [0.1, 0.15) is 5.75 Å². The summed E-state index contributed by atoms with van der Waals surface area (Å²) in [5.41, 5.74) is 1.94. The topological polar surface area (TPSA) is 35.5 Å². The van der Waals surface area contributed by atoms with Gasteiger partial charge >= 0.3 is 0 Å². The predicted octanol–water partition coefficient (Wildman–Crippen LogP) is 5.14. The van der Waals surface area contributed by atoms with Crippen LogP contribution in [0.25, 0.3) is 6.08 Å². The molecule has 0 fully saturated rings. The fourth-order valence-corrected chi connectivity index (χ4v) is 3.40. The van der Waals surface area contributed by atoms with Crippen molar-refractivity contribution in [3.8, 4) is 5.75 Å². The van der Waals surface area contributed by atoms with E-state index in [1.165, 1.54) is 4.88 Å². The fourth-order valence-electron chi connectivity index (χ4n) is 2.37. The molecule has 1 aromatic carbocycles. The Hall–Kier alpha value is -1.91. The van der Waals surface area contributed by atoms with Crippen molar-refractivity contribution in [2.24, 2.45) is 0 Å². The Morgan fingerprint density at radius 2 is 2.04 bits per heavy atom. The number of ether oxygens (including phenoxy) is 2. The van der Waals surface area contributed by atoms with Gasteiger partial charge in [0.15, 0.2) is 5.78 Å². The third-order valence-corrected chi connectivity index (χ3v) is 4.75. The highest BCUT2D eigenvalue weighted by Crippen LogP contribution is 2.22. The zero-order valence-electron chi connectivity index (χ0n) is 14.5. The van der Waals surface area contributed by atoms with E-state index in [2.05, 4.69) is 6.92 Å². The Labute approximate surface area is 147 Å². The molecule has 3 nitrogen and oxygen atoms in total. The van der Waals surface area contributed by atoms with Crippen molar-refractivity contribution in [2.75, 3.05) is 13.7 Å². The number of aryl methyl sites for hydroxylation is 1. The zero-order chi connectivity index (χ0) is 17.4. The van der Waals surface area contributed by atoms with E-state index in [1.54, 1.807) is 24.5 Å². The number of ketones is 1. The van der Waals surface area contributed by atoms with Crippen molar-refractivity contribution >= 4 is 23.2 Å². The van der Waals surface area contributed by atoms with Gasteiger partial charge < -0.3 is 9.47 Å². The highest BCUT2D eigenvalue weighted by molar-refractivity contribution is 7.14. The number of hydrogen-bond donors (Lipinski definition) is 0. The number of thiophene rings is 1. The van der Waals surface area contributed by atoms with Crippen LogP contribution in [0.4, 0.5) is 0 Å². The highest BCUT2D eigenvalue weighted by atomic mass is 32.1. The van der Waals surface area contributed by atoms with Crippen LogP contribution in [-0.4, -0.2) is 19.5 Å². The maximum Gasteiger partial charge on any atom is 0.195 e. The van der Waals surface area contributed by atoms with Gasteiger partial charge in [-0.3, -0.25) is 4.79 Å². The summed E-state index contributed by atoms with van der Waals surface area (Å²) < 4.78 is 10.8. The first kappa shape index (κ1) is 18.4. The molecule has 2 aromatic rings. The summed E-state index contributed by atoms with van der Waals surface area (Å²) in [5.74, 6) is 0.846. The molecule has 0 aliphatic heterocycles. The maximum atomic E-state index is 12.3. The summed E-state index contributed by atoms with van der Waals surface area (Å²) in [4.78, 5) is 14.3. The molecule has 0 bridgehead atoms. The lowest BCUT2D eigenvalue weighted by molar-refractivity contribution is 0.105. The maximum absolute atomic E-state index is 12.3. The second kappa shape index (κ2) is 9.40. The summed E-state index contributed by atoms with van der Waals surface area (Å²) in [6.07, 6.45) is 5.60. The van der Waals surface area contributed by atoms with Crippen molar-refractivity contribution in [3.63, 3.8) is 0 Å². The Kier molecular flexibility index (Phi) is 7.22. The first-order valence-electron chi connectivity index (χ1n) is 8.23. The molecule has 0 unspecified atom stereocenters. The van der Waals surface area contributed by atoms with Crippen molar-refractivity contribution in [3.05, 3.63) is 57.3 Å². The summed E-state index contributed by atoms with van der Waals surface area (Å²) >= 11 is 1.58. The number of benzene rings is 1. The molecule has 0 atom stereocenters. The van der Waals surface area contributed by atoms with E-state index in [-0.39, 0.29) is 5.78 Å². The minimum atomic E-state index is 0.0459. The molecule has 24 heavy (non-hydrogen) atoms. The van der Waals surface area contributed by atoms with E-state index in [4.69, 9.17) is 9.47 Å². The van der Waals surface area contributed by atoms with Crippen LogP contribution in [0.3, 0.4) is 0 Å². The fraction of sp³-hybridized carbons (Fsp3) is 0.350. The van der Waals surface area contributed by atoms with E-state index < -0.39 is 0 Å². The minimum Gasteiger partial charge on any atom is -0.496 e. The number of carbonyl (C=O) groups is 1. The van der Waals surface area contributed by atoms with Gasteiger partial charge in [0, 0.05) is 17.0 Å². The molecular formula is C20H24O3S. The molecule has 0 aliphatic carbocycles. The van der Waals surface area contributed by atoms with Gasteiger partial charge in [-0.05, 0) is 49.2 Å². The molecule has 0 radical (unpaired) electrons. The van der Waals surface area contributed by atoms with Crippen LogP contribution in [0, 0.1) is 0 Å². The molecule has 0 aliphatic rings. The zero-order valence-corrected chi connectivity index (χ0v) is 15.3.